The number of hydrogen-bond acceptors (Lipinski definition) is 3. The van der Waals surface area contributed by atoms with Gasteiger partial charge in [-0.1, -0.05) is 178 Å². The van der Waals surface area contributed by atoms with E-state index in [1.807, 2.05) is 0 Å². The lowest BCUT2D eigenvalue weighted by Crippen LogP contribution is -2.61. The Kier molecular flexibility index (Phi) is 10.2. The van der Waals surface area contributed by atoms with Crippen molar-refractivity contribution in [2.24, 2.45) is 0 Å². The first-order valence-electron chi connectivity index (χ1n) is 25.5. The van der Waals surface area contributed by atoms with Crippen molar-refractivity contribution >= 4 is 67.9 Å². The minimum Gasteiger partial charge on any atom is -0.311 e. The number of fused-ring (bicyclic) bond motifs is 8. The van der Waals surface area contributed by atoms with Crippen molar-refractivity contribution in [3.63, 3.8) is 0 Å². The molecule has 5 aromatic carbocycles. The van der Waals surface area contributed by atoms with E-state index in [2.05, 4.69) is 237 Å². The molecule has 0 saturated heterocycles. The van der Waals surface area contributed by atoms with Gasteiger partial charge in [-0.3, -0.25) is 0 Å². The molecular formula is C63H77BN2S. The van der Waals surface area contributed by atoms with Crippen LogP contribution in [-0.2, 0) is 37.9 Å². The molecule has 3 heterocycles. The Hall–Kier alpha value is -4.54. The number of hydrogen-bond donors (Lipinski definition) is 0. The zero-order valence-electron chi connectivity index (χ0n) is 44.4. The summed E-state index contributed by atoms with van der Waals surface area (Å²) in [5.74, 6) is 0. The molecular weight excluding hydrogens is 828 g/mol. The van der Waals surface area contributed by atoms with Crippen LogP contribution in [0.4, 0.5) is 34.1 Å². The number of anilines is 6. The van der Waals surface area contributed by atoms with Crippen LogP contribution in [0.2, 0.25) is 0 Å². The summed E-state index contributed by atoms with van der Waals surface area (Å²) in [6, 6.07) is 36.4. The summed E-state index contributed by atoms with van der Waals surface area (Å²) in [5, 5.41) is 0. The van der Waals surface area contributed by atoms with E-state index in [0.29, 0.717) is 0 Å². The maximum atomic E-state index is 2.83. The summed E-state index contributed by atoms with van der Waals surface area (Å²) in [4.78, 5) is 7.15. The molecule has 348 valence electrons. The molecule has 0 bridgehead atoms. The minimum atomic E-state index is -0.113. The van der Waals surface area contributed by atoms with Crippen molar-refractivity contribution in [3.05, 3.63) is 135 Å². The summed E-state index contributed by atoms with van der Waals surface area (Å²) in [5.41, 5.74) is 23.6. The molecule has 2 nitrogen and oxygen atoms in total. The maximum Gasteiger partial charge on any atom is 0.264 e. The molecule has 0 saturated carbocycles. The van der Waals surface area contributed by atoms with Crippen LogP contribution in [0, 0.1) is 6.92 Å². The van der Waals surface area contributed by atoms with Crippen molar-refractivity contribution in [2.75, 3.05) is 9.80 Å². The van der Waals surface area contributed by atoms with E-state index in [1.54, 1.807) is 16.0 Å². The summed E-state index contributed by atoms with van der Waals surface area (Å²) in [7, 11) is 0. The zero-order valence-corrected chi connectivity index (χ0v) is 45.2. The van der Waals surface area contributed by atoms with E-state index in [-0.39, 0.29) is 44.6 Å². The molecule has 0 atom stereocenters. The number of benzene rings is 5. The van der Waals surface area contributed by atoms with Gasteiger partial charge in [-0.25, -0.2) is 0 Å². The predicted octanol–water partition coefficient (Wildman–Crippen LogP) is 16.4. The molecule has 0 fully saturated rings. The molecule has 0 radical (unpaired) electrons. The van der Waals surface area contributed by atoms with Crippen LogP contribution in [-0.4, -0.2) is 6.71 Å². The second-order valence-corrected chi connectivity index (χ2v) is 27.9. The van der Waals surface area contributed by atoms with E-state index in [4.69, 9.17) is 0 Å². The Bertz CT molecular complexity index is 2970. The molecule has 4 heteroatoms. The summed E-state index contributed by atoms with van der Waals surface area (Å²) in [6.45, 7) is 44.1. The largest absolute Gasteiger partial charge is 0.311 e. The fourth-order valence-electron chi connectivity index (χ4n) is 12.5. The molecule has 10 rings (SSSR count). The topological polar surface area (TPSA) is 6.48 Å². The van der Waals surface area contributed by atoms with Gasteiger partial charge in [0.05, 0.1) is 11.4 Å². The summed E-state index contributed by atoms with van der Waals surface area (Å²) >= 11 is 2.15. The molecule has 0 unspecified atom stereocenters. The average molecular weight is 905 g/mol. The standard InChI is InChI=1S/C63H77BN2S/c1-38-34-47-52-48(35-38)66(46-37-41(58(5,6)7)36-44(59(8,9)10)49(46)39-22-20-19-21-23-39)54-51-55(63(17,18)33-32-62(51,15)16)67-56(54)64(52)45-29-28-43-50(61(13,14)31-30-60(43,11)12)53(45)65(47)42-26-24-40(25-27-42)57(2,3)4/h19-29,34-37H,30-33H2,1-18H3. The first-order valence-corrected chi connectivity index (χ1v) is 26.3. The fourth-order valence-corrected chi connectivity index (χ4v) is 14.2. The van der Waals surface area contributed by atoms with Crippen LogP contribution in [0.5, 0.6) is 0 Å². The van der Waals surface area contributed by atoms with Gasteiger partial charge in [-0.15, -0.1) is 0 Å². The number of rotatable bonds is 3. The first kappa shape index (κ1) is 46.2. The third kappa shape index (κ3) is 7.14. The molecule has 2 aliphatic heterocycles. The van der Waals surface area contributed by atoms with Gasteiger partial charge in [0.1, 0.15) is 0 Å². The van der Waals surface area contributed by atoms with E-state index < -0.39 is 0 Å². The van der Waals surface area contributed by atoms with E-state index in [9.17, 15) is 0 Å². The molecule has 6 aromatic rings. The van der Waals surface area contributed by atoms with E-state index in [0.717, 1.165) is 12.8 Å². The van der Waals surface area contributed by atoms with Crippen LogP contribution < -0.4 is 25.5 Å². The van der Waals surface area contributed by atoms with Crippen molar-refractivity contribution in [3.8, 4) is 11.1 Å². The van der Waals surface area contributed by atoms with Crippen molar-refractivity contribution < 1.29 is 0 Å². The molecule has 67 heavy (non-hydrogen) atoms. The van der Waals surface area contributed by atoms with Gasteiger partial charge in [0.25, 0.3) is 6.71 Å². The quantitative estimate of drug-likeness (QED) is 0.163. The van der Waals surface area contributed by atoms with Gasteiger partial charge in [0.2, 0.25) is 0 Å². The molecule has 4 aliphatic rings. The summed E-state index contributed by atoms with van der Waals surface area (Å²) in [6.07, 6.45) is 4.69. The molecule has 0 N–H and O–H groups in total. The minimum absolute atomic E-state index is 0.00645. The Labute approximate surface area is 409 Å². The zero-order chi connectivity index (χ0) is 48.3. The van der Waals surface area contributed by atoms with Crippen LogP contribution in [0.25, 0.3) is 11.1 Å². The summed E-state index contributed by atoms with van der Waals surface area (Å²) < 4.78 is 1.51. The van der Waals surface area contributed by atoms with Gasteiger partial charge >= 0.3 is 0 Å². The van der Waals surface area contributed by atoms with Gasteiger partial charge in [-0.2, -0.15) is 11.3 Å². The predicted molar refractivity (Wildman–Crippen MR) is 295 cm³/mol. The molecule has 0 amide bonds. The van der Waals surface area contributed by atoms with Crippen LogP contribution in [0.15, 0.2) is 91.0 Å². The van der Waals surface area contributed by atoms with Crippen LogP contribution in [0.1, 0.15) is 187 Å². The number of thiophene rings is 1. The van der Waals surface area contributed by atoms with Crippen molar-refractivity contribution in [1.82, 2.24) is 0 Å². The number of aryl methyl sites for hydroxylation is 1. The van der Waals surface area contributed by atoms with Gasteiger partial charge in [0.15, 0.2) is 0 Å². The SMILES string of the molecule is Cc1cc2c3c(c1)N(c1cc(C(C)(C)C)cc(C(C)(C)C)c1-c1ccccc1)c1c(sc4c1C(C)(C)CCC4(C)C)B3c1ccc3c(c1N2c1ccc(C(C)(C)C)cc1)C(C)(C)CCC3(C)C. The molecule has 0 spiro atoms. The highest BCUT2D eigenvalue weighted by atomic mass is 32.1. The van der Waals surface area contributed by atoms with Crippen molar-refractivity contribution in [2.45, 2.75) is 188 Å². The molecule has 2 aliphatic carbocycles. The van der Waals surface area contributed by atoms with Crippen molar-refractivity contribution in [1.29, 1.82) is 0 Å². The number of nitrogens with zero attached hydrogens (tertiary/aromatic N) is 2. The Morgan fingerprint density at radius 2 is 1.09 bits per heavy atom. The van der Waals surface area contributed by atoms with Gasteiger partial charge in [0, 0.05) is 38.0 Å². The monoisotopic (exact) mass is 905 g/mol. The fraction of sp³-hybridized carbons (Fsp3) is 0.460. The smallest absolute Gasteiger partial charge is 0.264 e. The Balaban J connectivity index is 1.41. The lowest BCUT2D eigenvalue weighted by Gasteiger charge is -2.50. The second-order valence-electron chi connectivity index (χ2n) is 26.9. The lowest BCUT2D eigenvalue weighted by atomic mass is 9.35. The van der Waals surface area contributed by atoms with Crippen LogP contribution >= 0.6 is 11.3 Å². The Morgan fingerprint density at radius 3 is 1.69 bits per heavy atom. The highest BCUT2D eigenvalue weighted by Gasteiger charge is 2.53. The van der Waals surface area contributed by atoms with E-state index in [1.165, 1.54) is 102 Å². The highest BCUT2D eigenvalue weighted by Crippen LogP contribution is 2.59. The maximum absolute atomic E-state index is 2.83. The first-order chi connectivity index (χ1) is 31.0. The van der Waals surface area contributed by atoms with Crippen LogP contribution in [0.3, 0.4) is 0 Å². The third-order valence-electron chi connectivity index (χ3n) is 16.7. The van der Waals surface area contributed by atoms with Gasteiger partial charge < -0.3 is 9.80 Å². The Morgan fingerprint density at radius 1 is 0.522 bits per heavy atom. The normalized spacial score (nSPS) is 18.7. The van der Waals surface area contributed by atoms with Gasteiger partial charge in [-0.05, 0) is 156 Å². The third-order valence-corrected chi connectivity index (χ3v) is 18.3. The molecule has 1 aromatic heterocycles. The average Bonchev–Trinajstić information content (AvgIpc) is 3.66. The van der Waals surface area contributed by atoms with E-state index >= 15 is 0 Å². The second kappa shape index (κ2) is 14.7. The lowest BCUT2D eigenvalue weighted by molar-refractivity contribution is 0.333. The highest BCUT2D eigenvalue weighted by molar-refractivity contribution is 7.29.